The largest absolute Gasteiger partial charge is 0.339 e. The van der Waals surface area contributed by atoms with Gasteiger partial charge in [-0.05, 0) is 27.9 Å². The second-order valence-electron chi connectivity index (χ2n) is 5.76. The second kappa shape index (κ2) is 7.38. The molecular weight excluding hydrogens is 278 g/mol. The molecule has 1 fully saturated rings. The minimum atomic E-state index is -2.99. The van der Waals surface area contributed by atoms with Crippen LogP contribution >= 0.6 is 0 Å². The van der Waals surface area contributed by atoms with E-state index < -0.39 is 9.84 Å². The van der Waals surface area contributed by atoms with Gasteiger partial charge in [-0.15, -0.1) is 0 Å². The molecule has 1 aliphatic rings. The normalized spacial score (nSPS) is 23.6. The summed E-state index contributed by atoms with van der Waals surface area (Å²) in [7, 11) is 0.962. The number of nitrogens with one attached hydrogen (secondary N) is 1. The van der Waals surface area contributed by atoms with Crippen molar-refractivity contribution in [2.24, 2.45) is 0 Å². The van der Waals surface area contributed by atoms with Crippen LogP contribution in [0.1, 0.15) is 20.3 Å². The van der Waals surface area contributed by atoms with Crippen LogP contribution in [-0.4, -0.2) is 81.4 Å². The zero-order chi connectivity index (χ0) is 15.3. The summed E-state index contributed by atoms with van der Waals surface area (Å²) >= 11 is 0. The Hall–Kier alpha value is -0.660. The van der Waals surface area contributed by atoms with E-state index >= 15 is 0 Å². The predicted molar refractivity (Wildman–Crippen MR) is 80.5 cm³/mol. The van der Waals surface area contributed by atoms with Crippen molar-refractivity contribution in [1.82, 2.24) is 15.1 Å². The van der Waals surface area contributed by atoms with E-state index in [0.29, 0.717) is 13.1 Å². The van der Waals surface area contributed by atoms with E-state index in [1.165, 1.54) is 0 Å². The predicted octanol–water partition coefficient (Wildman–Crippen LogP) is -0.438. The van der Waals surface area contributed by atoms with Crippen LogP contribution in [0.3, 0.4) is 0 Å². The number of carbonyl (C=O) groups excluding carboxylic acids is 1. The smallest absolute Gasteiger partial charge is 0.224 e. The van der Waals surface area contributed by atoms with Gasteiger partial charge in [0, 0.05) is 38.1 Å². The fourth-order valence-electron chi connectivity index (χ4n) is 2.69. The molecule has 6 nitrogen and oxygen atoms in total. The monoisotopic (exact) mass is 305 g/mol. The van der Waals surface area contributed by atoms with Crippen LogP contribution in [0, 0.1) is 0 Å². The Morgan fingerprint density at radius 3 is 2.55 bits per heavy atom. The standard InChI is InChI=1S/C13H27N3O3S/c1-5-16(11(2)9-15(3)4)13(17)8-12-10-20(18,19)7-6-14-12/h11-12,14H,5-10H2,1-4H3. The van der Waals surface area contributed by atoms with Crippen molar-refractivity contribution in [2.45, 2.75) is 32.4 Å². The summed E-state index contributed by atoms with van der Waals surface area (Å²) in [6.07, 6.45) is 0.255. The number of carbonyl (C=O) groups is 1. The molecule has 0 spiro atoms. The molecule has 1 heterocycles. The molecule has 0 aromatic rings. The average molecular weight is 305 g/mol. The topological polar surface area (TPSA) is 69.7 Å². The van der Waals surface area contributed by atoms with E-state index in [4.69, 9.17) is 0 Å². The van der Waals surface area contributed by atoms with Gasteiger partial charge in [-0.2, -0.15) is 0 Å². The first-order valence-electron chi connectivity index (χ1n) is 7.13. The Morgan fingerprint density at radius 1 is 1.40 bits per heavy atom. The summed E-state index contributed by atoms with van der Waals surface area (Å²) in [4.78, 5) is 16.2. The number of hydrogen-bond donors (Lipinski definition) is 1. The maximum absolute atomic E-state index is 12.3. The van der Waals surface area contributed by atoms with Crippen LogP contribution in [0.5, 0.6) is 0 Å². The highest BCUT2D eigenvalue weighted by atomic mass is 32.2. The van der Waals surface area contributed by atoms with Crippen molar-refractivity contribution in [2.75, 3.05) is 45.2 Å². The van der Waals surface area contributed by atoms with E-state index in [0.717, 1.165) is 6.54 Å². The lowest BCUT2D eigenvalue weighted by atomic mass is 10.1. The molecule has 1 aliphatic heterocycles. The highest BCUT2D eigenvalue weighted by Crippen LogP contribution is 2.09. The molecule has 0 bridgehead atoms. The van der Waals surface area contributed by atoms with Crippen LogP contribution in [0.2, 0.25) is 0 Å². The van der Waals surface area contributed by atoms with Gasteiger partial charge in [-0.3, -0.25) is 4.79 Å². The number of rotatable bonds is 6. The summed E-state index contributed by atoms with van der Waals surface area (Å²) in [6, 6.07) is -0.121. The lowest BCUT2D eigenvalue weighted by Crippen LogP contribution is -2.50. The van der Waals surface area contributed by atoms with Gasteiger partial charge in [-0.1, -0.05) is 0 Å². The van der Waals surface area contributed by atoms with Gasteiger partial charge in [0.2, 0.25) is 5.91 Å². The third kappa shape index (κ3) is 5.38. The maximum atomic E-state index is 12.3. The number of amides is 1. The van der Waals surface area contributed by atoms with Crippen LogP contribution in [0.4, 0.5) is 0 Å². The Kier molecular flexibility index (Phi) is 6.42. The van der Waals surface area contributed by atoms with E-state index in [1.54, 1.807) is 0 Å². The number of nitrogens with zero attached hydrogens (tertiary/aromatic N) is 2. The lowest BCUT2D eigenvalue weighted by molar-refractivity contribution is -0.133. The van der Waals surface area contributed by atoms with Gasteiger partial charge in [0.05, 0.1) is 11.5 Å². The molecule has 2 atom stereocenters. The molecule has 7 heteroatoms. The summed E-state index contributed by atoms with van der Waals surface area (Å²) < 4.78 is 23.2. The maximum Gasteiger partial charge on any atom is 0.224 e. The van der Waals surface area contributed by atoms with Gasteiger partial charge >= 0.3 is 0 Å². The van der Waals surface area contributed by atoms with Gasteiger partial charge in [0.1, 0.15) is 0 Å². The van der Waals surface area contributed by atoms with Gasteiger partial charge in [0.15, 0.2) is 9.84 Å². The van der Waals surface area contributed by atoms with Crippen molar-refractivity contribution in [3.05, 3.63) is 0 Å². The Balaban J connectivity index is 2.59. The molecule has 0 saturated carbocycles. The molecule has 20 heavy (non-hydrogen) atoms. The first-order chi connectivity index (χ1) is 9.25. The molecule has 1 N–H and O–H groups in total. The quantitative estimate of drug-likeness (QED) is 0.720. The third-order valence-corrected chi connectivity index (χ3v) is 5.28. The number of sulfone groups is 1. The van der Waals surface area contributed by atoms with E-state index in [9.17, 15) is 13.2 Å². The molecule has 118 valence electrons. The first kappa shape index (κ1) is 17.4. The van der Waals surface area contributed by atoms with Crippen molar-refractivity contribution in [3.8, 4) is 0 Å². The third-order valence-electron chi connectivity index (χ3n) is 3.54. The molecule has 0 aliphatic carbocycles. The summed E-state index contributed by atoms with van der Waals surface area (Å²) in [6.45, 7) is 5.87. The number of likely N-dealkylation sites (N-methyl/N-ethyl adjacent to an activating group) is 2. The zero-order valence-electron chi connectivity index (χ0n) is 12.9. The molecule has 1 amide bonds. The fourth-order valence-corrected chi connectivity index (χ4v) is 4.13. The number of hydrogen-bond acceptors (Lipinski definition) is 5. The van der Waals surface area contributed by atoms with Crippen molar-refractivity contribution in [1.29, 1.82) is 0 Å². The molecule has 1 rings (SSSR count). The van der Waals surface area contributed by atoms with Gasteiger partial charge in [0.25, 0.3) is 0 Å². The molecule has 0 aromatic carbocycles. The van der Waals surface area contributed by atoms with Gasteiger partial charge in [-0.25, -0.2) is 8.42 Å². The van der Waals surface area contributed by atoms with Crippen LogP contribution in [0.25, 0.3) is 0 Å². The fraction of sp³-hybridized carbons (Fsp3) is 0.923. The Morgan fingerprint density at radius 2 is 2.05 bits per heavy atom. The van der Waals surface area contributed by atoms with Gasteiger partial charge < -0.3 is 15.1 Å². The van der Waals surface area contributed by atoms with Crippen LogP contribution in [0.15, 0.2) is 0 Å². The van der Waals surface area contributed by atoms with Crippen LogP contribution < -0.4 is 5.32 Å². The summed E-state index contributed by atoms with van der Waals surface area (Å²) in [5, 5.41) is 3.13. The highest BCUT2D eigenvalue weighted by Gasteiger charge is 2.28. The minimum Gasteiger partial charge on any atom is -0.339 e. The first-order valence-corrected chi connectivity index (χ1v) is 8.95. The van der Waals surface area contributed by atoms with E-state index in [-0.39, 0.29) is 35.9 Å². The zero-order valence-corrected chi connectivity index (χ0v) is 13.7. The SMILES string of the molecule is CCN(C(=O)CC1CS(=O)(=O)CCN1)C(C)CN(C)C. The molecule has 0 radical (unpaired) electrons. The molecular formula is C13H27N3O3S. The average Bonchev–Trinajstić information content (AvgIpc) is 2.26. The molecule has 0 aromatic heterocycles. The van der Waals surface area contributed by atoms with E-state index in [2.05, 4.69) is 5.32 Å². The molecule has 2 unspecified atom stereocenters. The summed E-state index contributed by atoms with van der Waals surface area (Å²) in [5.41, 5.74) is 0. The van der Waals surface area contributed by atoms with Crippen molar-refractivity contribution < 1.29 is 13.2 Å². The van der Waals surface area contributed by atoms with E-state index in [1.807, 2.05) is 37.7 Å². The Labute approximate surface area is 122 Å². The lowest BCUT2D eigenvalue weighted by Gasteiger charge is -2.32. The van der Waals surface area contributed by atoms with Crippen molar-refractivity contribution in [3.63, 3.8) is 0 Å². The van der Waals surface area contributed by atoms with Crippen molar-refractivity contribution >= 4 is 15.7 Å². The summed E-state index contributed by atoms with van der Waals surface area (Å²) in [5.74, 6) is 0.265. The molecule has 1 saturated heterocycles. The highest BCUT2D eigenvalue weighted by molar-refractivity contribution is 7.91. The second-order valence-corrected chi connectivity index (χ2v) is 7.99. The Bertz CT molecular complexity index is 423. The van der Waals surface area contributed by atoms with Crippen LogP contribution in [-0.2, 0) is 14.6 Å². The minimum absolute atomic E-state index is 0.0245.